The SMILES string of the molecule is CCC[C@@H](N(NC(=O)c1ccc(B(O)O)cc1C(C)C)C(=O)c1cc(C)cc(C)c1)C(C)(C)C. The summed E-state index contributed by atoms with van der Waals surface area (Å²) in [6.07, 6.45) is 1.59. The summed E-state index contributed by atoms with van der Waals surface area (Å²) in [5.74, 6) is -0.676. The Balaban J connectivity index is 2.55. The summed E-state index contributed by atoms with van der Waals surface area (Å²) in [6, 6.07) is 10.2. The van der Waals surface area contributed by atoms with Gasteiger partial charge in [-0.2, -0.15) is 0 Å². The van der Waals surface area contributed by atoms with Crippen LogP contribution in [-0.4, -0.2) is 40.0 Å². The molecule has 0 aliphatic rings. The Hall–Kier alpha value is -2.64. The molecule has 2 aromatic carbocycles. The number of rotatable bonds is 7. The number of benzene rings is 2. The third-order valence-corrected chi connectivity index (χ3v) is 6.02. The first-order valence-corrected chi connectivity index (χ1v) is 12.0. The van der Waals surface area contributed by atoms with E-state index in [1.165, 1.54) is 11.1 Å². The normalized spacial score (nSPS) is 12.4. The van der Waals surface area contributed by atoms with Gasteiger partial charge in [0.25, 0.3) is 11.8 Å². The van der Waals surface area contributed by atoms with Gasteiger partial charge in [-0.15, -0.1) is 0 Å². The molecule has 0 fully saturated rings. The molecule has 0 unspecified atom stereocenters. The zero-order valence-corrected chi connectivity index (χ0v) is 21.8. The van der Waals surface area contributed by atoms with Gasteiger partial charge in [-0.1, -0.05) is 77.3 Å². The van der Waals surface area contributed by atoms with E-state index in [1.807, 2.05) is 45.9 Å². The van der Waals surface area contributed by atoms with Crippen molar-refractivity contribution in [1.82, 2.24) is 10.4 Å². The molecule has 0 aromatic heterocycles. The van der Waals surface area contributed by atoms with Crippen LogP contribution in [0.4, 0.5) is 0 Å². The molecule has 0 saturated heterocycles. The number of nitrogens with zero attached hydrogens (tertiary/aromatic N) is 1. The summed E-state index contributed by atoms with van der Waals surface area (Å²) < 4.78 is 0. The van der Waals surface area contributed by atoms with E-state index in [-0.39, 0.29) is 23.3 Å². The largest absolute Gasteiger partial charge is 0.488 e. The van der Waals surface area contributed by atoms with Gasteiger partial charge in [0.1, 0.15) is 0 Å². The average Bonchev–Trinajstić information content (AvgIpc) is 2.73. The lowest BCUT2D eigenvalue weighted by molar-refractivity contribution is 0.0270. The molecule has 34 heavy (non-hydrogen) atoms. The van der Waals surface area contributed by atoms with Crippen LogP contribution in [0.5, 0.6) is 0 Å². The Labute approximate surface area is 204 Å². The van der Waals surface area contributed by atoms with Crippen molar-refractivity contribution in [2.24, 2.45) is 5.41 Å². The first-order valence-electron chi connectivity index (χ1n) is 12.0. The molecule has 0 bridgehead atoms. The standard InChI is InChI=1S/C27H39BN2O4/c1-9-10-24(27(6,7)8)30(26(32)20-14-18(4)13-19(5)15-20)29-25(31)22-12-11-21(28(33)34)16-23(22)17(2)3/h11-17,24,33-34H,9-10H2,1-8H3,(H,29,31)/t24-/m1/s1. The Kier molecular flexibility index (Phi) is 9.09. The Bertz CT molecular complexity index is 1010. The quantitative estimate of drug-likeness (QED) is 0.423. The predicted octanol–water partition coefficient (Wildman–Crippen LogP) is 4.11. The molecular formula is C27H39BN2O4. The minimum Gasteiger partial charge on any atom is -0.423 e. The van der Waals surface area contributed by atoms with E-state index >= 15 is 0 Å². The first-order chi connectivity index (χ1) is 15.8. The Morgan fingerprint density at radius 1 is 1.03 bits per heavy atom. The van der Waals surface area contributed by atoms with Gasteiger partial charge in [-0.05, 0) is 60.8 Å². The number of hydrogen-bond donors (Lipinski definition) is 3. The van der Waals surface area contributed by atoms with Gasteiger partial charge in [0.2, 0.25) is 0 Å². The van der Waals surface area contributed by atoms with Crippen LogP contribution in [0.25, 0.3) is 0 Å². The van der Waals surface area contributed by atoms with E-state index in [0.717, 1.165) is 24.0 Å². The monoisotopic (exact) mass is 466 g/mol. The third-order valence-electron chi connectivity index (χ3n) is 6.02. The van der Waals surface area contributed by atoms with Gasteiger partial charge in [0.05, 0.1) is 6.04 Å². The van der Waals surface area contributed by atoms with Gasteiger partial charge in [0.15, 0.2) is 0 Å². The molecule has 0 aliphatic heterocycles. The maximum Gasteiger partial charge on any atom is 0.488 e. The Morgan fingerprint density at radius 3 is 2.09 bits per heavy atom. The molecule has 0 saturated carbocycles. The fourth-order valence-corrected chi connectivity index (χ4v) is 4.33. The van der Waals surface area contributed by atoms with Crippen molar-refractivity contribution in [1.29, 1.82) is 0 Å². The molecular weight excluding hydrogens is 427 g/mol. The van der Waals surface area contributed by atoms with Gasteiger partial charge in [-0.3, -0.25) is 15.0 Å². The summed E-state index contributed by atoms with van der Waals surface area (Å²) in [7, 11) is -1.62. The molecule has 0 radical (unpaired) electrons. The zero-order chi connectivity index (χ0) is 25.8. The second-order valence-corrected chi connectivity index (χ2v) is 10.5. The van der Waals surface area contributed by atoms with Crippen molar-refractivity contribution < 1.29 is 19.6 Å². The van der Waals surface area contributed by atoms with Crippen molar-refractivity contribution >= 4 is 24.4 Å². The van der Waals surface area contributed by atoms with Crippen molar-refractivity contribution in [3.63, 3.8) is 0 Å². The van der Waals surface area contributed by atoms with E-state index in [2.05, 4.69) is 33.1 Å². The van der Waals surface area contributed by atoms with E-state index in [0.29, 0.717) is 22.2 Å². The number of aryl methyl sites for hydroxylation is 2. The molecule has 2 amide bonds. The number of amides is 2. The highest BCUT2D eigenvalue weighted by Crippen LogP contribution is 2.29. The summed E-state index contributed by atoms with van der Waals surface area (Å²) in [5.41, 5.74) is 6.56. The van der Waals surface area contributed by atoms with Crippen molar-refractivity contribution in [3.05, 3.63) is 64.2 Å². The van der Waals surface area contributed by atoms with Crippen molar-refractivity contribution in [3.8, 4) is 0 Å². The van der Waals surface area contributed by atoms with E-state index in [9.17, 15) is 19.6 Å². The number of nitrogens with one attached hydrogen (secondary N) is 1. The topological polar surface area (TPSA) is 89.9 Å². The van der Waals surface area contributed by atoms with Crippen molar-refractivity contribution in [2.45, 2.75) is 80.2 Å². The minimum absolute atomic E-state index is 0.0305. The van der Waals surface area contributed by atoms with Gasteiger partial charge < -0.3 is 10.0 Å². The second kappa shape index (κ2) is 11.2. The van der Waals surface area contributed by atoms with E-state index < -0.39 is 13.0 Å². The molecule has 1 atom stereocenters. The van der Waals surface area contributed by atoms with E-state index in [4.69, 9.17) is 0 Å². The Morgan fingerprint density at radius 2 is 1.62 bits per heavy atom. The molecule has 7 heteroatoms. The maximum atomic E-state index is 13.8. The molecule has 3 N–H and O–H groups in total. The fourth-order valence-electron chi connectivity index (χ4n) is 4.33. The minimum atomic E-state index is -1.62. The molecule has 0 aliphatic carbocycles. The average molecular weight is 466 g/mol. The number of carbonyl (C=O) groups excluding carboxylic acids is 2. The molecule has 2 aromatic rings. The van der Waals surface area contributed by atoms with Crippen LogP contribution >= 0.6 is 0 Å². The van der Waals surface area contributed by atoms with Crippen LogP contribution in [-0.2, 0) is 0 Å². The smallest absolute Gasteiger partial charge is 0.423 e. The molecule has 0 spiro atoms. The van der Waals surface area contributed by atoms with Crippen LogP contribution in [0.1, 0.15) is 97.7 Å². The summed E-state index contributed by atoms with van der Waals surface area (Å²) in [4.78, 5) is 27.3. The third kappa shape index (κ3) is 6.70. The lowest BCUT2D eigenvalue weighted by atomic mass is 9.77. The van der Waals surface area contributed by atoms with Crippen LogP contribution in [0.15, 0.2) is 36.4 Å². The molecule has 184 valence electrons. The van der Waals surface area contributed by atoms with Gasteiger partial charge >= 0.3 is 7.12 Å². The predicted molar refractivity (Wildman–Crippen MR) is 138 cm³/mol. The molecule has 0 heterocycles. The zero-order valence-electron chi connectivity index (χ0n) is 21.8. The highest BCUT2D eigenvalue weighted by atomic mass is 16.4. The lowest BCUT2D eigenvalue weighted by Crippen LogP contribution is -2.56. The van der Waals surface area contributed by atoms with Crippen LogP contribution in [0, 0.1) is 19.3 Å². The molecule has 2 rings (SSSR count). The number of carbonyl (C=O) groups is 2. The van der Waals surface area contributed by atoms with Crippen LogP contribution < -0.4 is 10.9 Å². The van der Waals surface area contributed by atoms with Crippen LogP contribution in [0.2, 0.25) is 0 Å². The first kappa shape index (κ1) is 27.6. The number of hydrazine groups is 1. The van der Waals surface area contributed by atoms with E-state index in [1.54, 1.807) is 12.1 Å². The highest BCUT2D eigenvalue weighted by Gasteiger charge is 2.35. The summed E-state index contributed by atoms with van der Waals surface area (Å²) >= 11 is 0. The van der Waals surface area contributed by atoms with Gasteiger partial charge in [0, 0.05) is 11.1 Å². The summed E-state index contributed by atoms with van der Waals surface area (Å²) in [5, 5.41) is 20.6. The highest BCUT2D eigenvalue weighted by molar-refractivity contribution is 6.58. The fraction of sp³-hybridized carbons (Fsp3) is 0.481. The van der Waals surface area contributed by atoms with Gasteiger partial charge in [-0.25, -0.2) is 5.01 Å². The van der Waals surface area contributed by atoms with Crippen LogP contribution in [0.3, 0.4) is 0 Å². The second-order valence-electron chi connectivity index (χ2n) is 10.5. The lowest BCUT2D eigenvalue weighted by Gasteiger charge is -2.40. The molecule has 6 nitrogen and oxygen atoms in total. The number of hydrogen-bond acceptors (Lipinski definition) is 4. The maximum absolute atomic E-state index is 13.8. The summed E-state index contributed by atoms with van der Waals surface area (Å²) in [6.45, 7) is 16.0. The van der Waals surface area contributed by atoms with Crippen molar-refractivity contribution in [2.75, 3.05) is 0 Å².